The van der Waals surface area contributed by atoms with Gasteiger partial charge in [-0.2, -0.15) is 0 Å². The van der Waals surface area contributed by atoms with Gasteiger partial charge in [-0.25, -0.2) is 4.98 Å². The third-order valence-electron chi connectivity index (χ3n) is 4.85. The molecule has 3 aromatic carbocycles. The van der Waals surface area contributed by atoms with Crippen LogP contribution in [0.4, 0.5) is 0 Å². The van der Waals surface area contributed by atoms with Crippen LogP contribution < -0.4 is 10.1 Å². The molecular weight excluding hydrogens is 350 g/mol. The van der Waals surface area contributed by atoms with Crippen LogP contribution in [-0.2, 0) is 7.05 Å². The fourth-order valence-corrected chi connectivity index (χ4v) is 3.29. The summed E-state index contributed by atoms with van der Waals surface area (Å²) in [5.41, 5.74) is 1.55. The summed E-state index contributed by atoms with van der Waals surface area (Å²) in [6.07, 6.45) is 3.60. The standard InChI is InChI=1S/C23H21N3O2/c1-26-14-13-24-22(26)21(17-9-11-20(28-2)12-10-17)25-23(27)19-8-7-16-5-3-4-6-18(16)15-19/h3-15,21H,1-2H3,(H,25,27)/t21-/m0/s1. The summed E-state index contributed by atoms with van der Waals surface area (Å²) in [6.45, 7) is 0. The molecule has 0 spiro atoms. The molecule has 140 valence electrons. The summed E-state index contributed by atoms with van der Waals surface area (Å²) in [7, 11) is 3.55. The minimum absolute atomic E-state index is 0.144. The van der Waals surface area contributed by atoms with Crippen LogP contribution in [0.25, 0.3) is 10.8 Å². The highest BCUT2D eigenvalue weighted by Crippen LogP contribution is 2.24. The molecule has 0 saturated carbocycles. The number of hydrogen-bond donors (Lipinski definition) is 1. The quantitative estimate of drug-likeness (QED) is 0.575. The second-order valence-electron chi connectivity index (χ2n) is 6.64. The Kier molecular flexibility index (Phi) is 4.81. The smallest absolute Gasteiger partial charge is 0.252 e. The molecule has 1 heterocycles. The fourth-order valence-electron chi connectivity index (χ4n) is 3.29. The number of nitrogens with one attached hydrogen (secondary N) is 1. The molecule has 0 fully saturated rings. The molecule has 0 radical (unpaired) electrons. The number of aromatic nitrogens is 2. The molecule has 0 unspecified atom stereocenters. The number of rotatable bonds is 5. The van der Waals surface area contributed by atoms with Crippen molar-refractivity contribution in [1.82, 2.24) is 14.9 Å². The zero-order chi connectivity index (χ0) is 19.5. The van der Waals surface area contributed by atoms with Crippen molar-refractivity contribution in [3.05, 3.63) is 96.1 Å². The molecule has 28 heavy (non-hydrogen) atoms. The predicted octanol–water partition coefficient (Wildman–Crippen LogP) is 4.10. The van der Waals surface area contributed by atoms with Crippen LogP contribution in [-0.4, -0.2) is 22.6 Å². The van der Waals surface area contributed by atoms with E-state index in [0.29, 0.717) is 5.56 Å². The second-order valence-corrected chi connectivity index (χ2v) is 6.64. The minimum atomic E-state index is -0.370. The Morgan fingerprint density at radius 3 is 2.46 bits per heavy atom. The van der Waals surface area contributed by atoms with E-state index in [1.54, 1.807) is 13.3 Å². The third-order valence-corrected chi connectivity index (χ3v) is 4.85. The van der Waals surface area contributed by atoms with E-state index in [1.165, 1.54) is 0 Å². The first-order chi connectivity index (χ1) is 13.7. The largest absolute Gasteiger partial charge is 0.497 e. The van der Waals surface area contributed by atoms with Crippen molar-refractivity contribution in [3.8, 4) is 5.75 Å². The zero-order valence-electron chi connectivity index (χ0n) is 15.8. The lowest BCUT2D eigenvalue weighted by Gasteiger charge is -2.19. The maximum absolute atomic E-state index is 13.0. The van der Waals surface area contributed by atoms with E-state index in [9.17, 15) is 4.79 Å². The molecule has 1 amide bonds. The van der Waals surface area contributed by atoms with Crippen molar-refractivity contribution < 1.29 is 9.53 Å². The van der Waals surface area contributed by atoms with Gasteiger partial charge in [0, 0.05) is 25.0 Å². The van der Waals surface area contributed by atoms with E-state index >= 15 is 0 Å². The number of benzene rings is 3. The van der Waals surface area contributed by atoms with Crippen molar-refractivity contribution in [2.75, 3.05) is 7.11 Å². The number of hydrogen-bond acceptors (Lipinski definition) is 3. The van der Waals surface area contributed by atoms with Gasteiger partial charge in [-0.05, 0) is 40.6 Å². The molecule has 0 saturated heterocycles. The predicted molar refractivity (Wildman–Crippen MR) is 109 cm³/mol. The Labute approximate surface area is 163 Å². The van der Waals surface area contributed by atoms with Crippen molar-refractivity contribution in [2.24, 2.45) is 7.05 Å². The molecule has 0 aliphatic carbocycles. The third kappa shape index (κ3) is 3.47. The number of carbonyl (C=O) groups excluding carboxylic acids is 1. The Hall–Kier alpha value is -3.60. The maximum atomic E-state index is 13.0. The van der Waals surface area contributed by atoms with E-state index in [1.807, 2.05) is 84.5 Å². The Bertz CT molecular complexity index is 1120. The summed E-state index contributed by atoms with van der Waals surface area (Å²) in [5, 5.41) is 5.27. The van der Waals surface area contributed by atoms with Gasteiger partial charge in [0.15, 0.2) is 0 Å². The highest BCUT2D eigenvalue weighted by atomic mass is 16.5. The van der Waals surface area contributed by atoms with Crippen molar-refractivity contribution in [3.63, 3.8) is 0 Å². The summed E-state index contributed by atoms with van der Waals surface area (Å²) in [6, 6.07) is 21.0. The summed E-state index contributed by atoms with van der Waals surface area (Å²) >= 11 is 0. The number of methoxy groups -OCH3 is 1. The Balaban J connectivity index is 1.67. The first kappa shape index (κ1) is 17.8. The topological polar surface area (TPSA) is 56.1 Å². The van der Waals surface area contributed by atoms with Crippen molar-refractivity contribution in [1.29, 1.82) is 0 Å². The van der Waals surface area contributed by atoms with Crippen LogP contribution in [0.3, 0.4) is 0 Å². The lowest BCUT2D eigenvalue weighted by Crippen LogP contribution is -2.31. The number of fused-ring (bicyclic) bond motifs is 1. The van der Waals surface area contributed by atoms with Gasteiger partial charge < -0.3 is 14.6 Å². The van der Waals surface area contributed by atoms with Gasteiger partial charge >= 0.3 is 0 Å². The number of imidazole rings is 1. The first-order valence-electron chi connectivity index (χ1n) is 9.06. The second kappa shape index (κ2) is 7.56. The fraction of sp³-hybridized carbons (Fsp3) is 0.130. The van der Waals surface area contributed by atoms with E-state index in [2.05, 4.69) is 10.3 Å². The number of ether oxygens (including phenoxy) is 1. The number of carbonyl (C=O) groups is 1. The van der Waals surface area contributed by atoms with E-state index in [-0.39, 0.29) is 11.9 Å². The molecular formula is C23H21N3O2. The van der Waals surface area contributed by atoms with Crippen molar-refractivity contribution >= 4 is 16.7 Å². The van der Waals surface area contributed by atoms with E-state index < -0.39 is 0 Å². The molecule has 5 nitrogen and oxygen atoms in total. The highest BCUT2D eigenvalue weighted by Gasteiger charge is 2.21. The molecule has 5 heteroatoms. The molecule has 0 aliphatic heterocycles. The van der Waals surface area contributed by atoms with Crippen LogP contribution in [0.1, 0.15) is 27.8 Å². The van der Waals surface area contributed by atoms with Gasteiger partial charge in [-0.1, -0.05) is 42.5 Å². The van der Waals surface area contributed by atoms with Crippen LogP contribution >= 0.6 is 0 Å². The molecule has 1 atom stereocenters. The maximum Gasteiger partial charge on any atom is 0.252 e. The minimum Gasteiger partial charge on any atom is -0.497 e. The summed E-state index contributed by atoms with van der Waals surface area (Å²) in [5.74, 6) is 1.39. The SMILES string of the molecule is COc1ccc([C@H](NC(=O)c2ccc3ccccc3c2)c2nccn2C)cc1. The number of amides is 1. The Morgan fingerprint density at radius 1 is 1.04 bits per heavy atom. The average molecular weight is 371 g/mol. The van der Waals surface area contributed by atoms with Crippen molar-refractivity contribution in [2.45, 2.75) is 6.04 Å². The van der Waals surface area contributed by atoms with Gasteiger partial charge in [-0.3, -0.25) is 4.79 Å². The van der Waals surface area contributed by atoms with Gasteiger partial charge in [0.1, 0.15) is 17.6 Å². The molecule has 1 aromatic heterocycles. The van der Waals surface area contributed by atoms with Crippen LogP contribution in [0, 0.1) is 0 Å². The van der Waals surface area contributed by atoms with E-state index in [0.717, 1.165) is 27.9 Å². The normalized spacial score (nSPS) is 11.9. The van der Waals surface area contributed by atoms with Gasteiger partial charge in [0.2, 0.25) is 0 Å². The molecule has 0 aliphatic rings. The lowest BCUT2D eigenvalue weighted by atomic mass is 10.0. The number of aryl methyl sites for hydroxylation is 1. The molecule has 4 aromatic rings. The molecule has 0 bridgehead atoms. The lowest BCUT2D eigenvalue weighted by molar-refractivity contribution is 0.0941. The Morgan fingerprint density at radius 2 is 1.79 bits per heavy atom. The summed E-state index contributed by atoms with van der Waals surface area (Å²) < 4.78 is 7.16. The van der Waals surface area contributed by atoms with Crippen LogP contribution in [0.5, 0.6) is 5.75 Å². The van der Waals surface area contributed by atoms with Gasteiger partial charge in [0.05, 0.1) is 7.11 Å². The number of nitrogens with zero attached hydrogens (tertiary/aromatic N) is 2. The van der Waals surface area contributed by atoms with Crippen LogP contribution in [0.15, 0.2) is 79.1 Å². The highest BCUT2D eigenvalue weighted by molar-refractivity contribution is 5.98. The molecule has 4 rings (SSSR count). The van der Waals surface area contributed by atoms with Crippen LogP contribution in [0.2, 0.25) is 0 Å². The monoisotopic (exact) mass is 371 g/mol. The van der Waals surface area contributed by atoms with Gasteiger partial charge in [-0.15, -0.1) is 0 Å². The summed E-state index contributed by atoms with van der Waals surface area (Å²) in [4.78, 5) is 17.5. The zero-order valence-corrected chi connectivity index (χ0v) is 15.8. The molecule has 1 N–H and O–H groups in total. The van der Waals surface area contributed by atoms with E-state index in [4.69, 9.17) is 4.74 Å². The average Bonchev–Trinajstić information content (AvgIpc) is 3.17. The van der Waals surface area contributed by atoms with Gasteiger partial charge in [0.25, 0.3) is 5.91 Å². The first-order valence-corrected chi connectivity index (χ1v) is 9.06.